The summed E-state index contributed by atoms with van der Waals surface area (Å²) in [4.78, 5) is 16.0. The van der Waals surface area contributed by atoms with Crippen molar-refractivity contribution in [3.8, 4) is 0 Å². The topological polar surface area (TPSA) is 93.2 Å². The second-order valence-electron chi connectivity index (χ2n) is 5.04. The Balaban J connectivity index is 1.92. The highest BCUT2D eigenvalue weighted by molar-refractivity contribution is 5.89. The molecule has 0 spiro atoms. The lowest BCUT2D eigenvalue weighted by molar-refractivity contribution is 0.247. The minimum atomic E-state index is -0.313. The zero-order valence-electron chi connectivity index (χ0n) is 12.4. The van der Waals surface area contributed by atoms with Crippen molar-refractivity contribution in [2.24, 2.45) is 5.73 Å². The predicted molar refractivity (Wildman–Crippen MR) is 80.9 cm³/mol. The molecule has 112 valence electrons. The molecule has 0 fully saturated rings. The largest absolute Gasteiger partial charge is 0.444 e. The van der Waals surface area contributed by atoms with E-state index in [-0.39, 0.29) is 18.1 Å². The van der Waals surface area contributed by atoms with Crippen molar-refractivity contribution < 1.29 is 9.21 Å². The summed E-state index contributed by atoms with van der Waals surface area (Å²) < 4.78 is 5.37. The molecular formula is C15H20N4O2. The minimum absolute atomic E-state index is 0.0267. The molecule has 2 amide bonds. The minimum Gasteiger partial charge on any atom is -0.444 e. The van der Waals surface area contributed by atoms with Crippen molar-refractivity contribution in [1.82, 2.24) is 10.3 Å². The van der Waals surface area contributed by atoms with Gasteiger partial charge in [0, 0.05) is 11.7 Å². The van der Waals surface area contributed by atoms with Crippen molar-refractivity contribution in [1.29, 1.82) is 0 Å². The molecule has 2 atom stereocenters. The summed E-state index contributed by atoms with van der Waals surface area (Å²) in [6, 6.07) is 6.77. The molecule has 1 heterocycles. The van der Waals surface area contributed by atoms with E-state index in [4.69, 9.17) is 10.2 Å². The first-order valence-electron chi connectivity index (χ1n) is 6.81. The Labute approximate surface area is 123 Å². The highest BCUT2D eigenvalue weighted by Crippen LogP contribution is 2.15. The fourth-order valence-electron chi connectivity index (χ4n) is 1.87. The number of rotatable bonds is 4. The van der Waals surface area contributed by atoms with Gasteiger partial charge in [-0.15, -0.1) is 0 Å². The number of amides is 2. The van der Waals surface area contributed by atoms with Crippen LogP contribution in [-0.4, -0.2) is 11.0 Å². The highest BCUT2D eigenvalue weighted by Gasteiger charge is 2.14. The zero-order valence-corrected chi connectivity index (χ0v) is 12.4. The van der Waals surface area contributed by atoms with E-state index in [0.717, 1.165) is 5.56 Å². The molecule has 2 rings (SSSR count). The molecule has 1 aromatic carbocycles. The van der Waals surface area contributed by atoms with Crippen LogP contribution in [0.3, 0.4) is 0 Å². The molecule has 21 heavy (non-hydrogen) atoms. The smallest absolute Gasteiger partial charge is 0.319 e. The number of aromatic nitrogens is 1. The van der Waals surface area contributed by atoms with Crippen LogP contribution in [0.2, 0.25) is 0 Å². The Morgan fingerprint density at radius 2 is 1.95 bits per heavy atom. The third-order valence-electron chi connectivity index (χ3n) is 3.05. The van der Waals surface area contributed by atoms with Crippen LogP contribution in [0.15, 0.2) is 34.9 Å². The van der Waals surface area contributed by atoms with E-state index >= 15 is 0 Å². The number of urea groups is 1. The van der Waals surface area contributed by atoms with Gasteiger partial charge in [0.1, 0.15) is 11.8 Å². The average Bonchev–Trinajstić information content (AvgIpc) is 2.86. The van der Waals surface area contributed by atoms with Gasteiger partial charge in [-0.2, -0.15) is 0 Å². The molecule has 0 aliphatic heterocycles. The number of aryl methyl sites for hydroxylation is 1. The van der Waals surface area contributed by atoms with Crippen molar-refractivity contribution >= 4 is 11.7 Å². The molecule has 1 aromatic heterocycles. The summed E-state index contributed by atoms with van der Waals surface area (Å²) >= 11 is 0. The number of benzene rings is 1. The molecule has 0 aliphatic carbocycles. The van der Waals surface area contributed by atoms with Crippen molar-refractivity contribution in [2.75, 3.05) is 5.32 Å². The van der Waals surface area contributed by atoms with Crippen LogP contribution in [0.25, 0.3) is 0 Å². The summed E-state index contributed by atoms with van der Waals surface area (Å²) in [7, 11) is 0. The molecule has 0 aliphatic rings. The third-order valence-corrected chi connectivity index (χ3v) is 3.05. The van der Waals surface area contributed by atoms with Crippen LogP contribution in [0.5, 0.6) is 0 Å². The van der Waals surface area contributed by atoms with E-state index in [1.54, 1.807) is 6.20 Å². The molecule has 0 saturated carbocycles. The number of nitrogens with zero attached hydrogens (tertiary/aromatic N) is 1. The Kier molecular flexibility index (Phi) is 4.59. The fourth-order valence-corrected chi connectivity index (χ4v) is 1.87. The van der Waals surface area contributed by atoms with E-state index in [9.17, 15) is 4.79 Å². The van der Waals surface area contributed by atoms with Crippen LogP contribution < -0.4 is 16.4 Å². The van der Waals surface area contributed by atoms with Gasteiger partial charge in [0.15, 0.2) is 0 Å². The lowest BCUT2D eigenvalue weighted by Gasteiger charge is -2.12. The zero-order chi connectivity index (χ0) is 15.4. The van der Waals surface area contributed by atoms with E-state index < -0.39 is 0 Å². The van der Waals surface area contributed by atoms with Crippen LogP contribution in [0, 0.1) is 6.92 Å². The quantitative estimate of drug-likeness (QED) is 0.806. The third kappa shape index (κ3) is 4.06. The molecule has 2 aromatic rings. The molecule has 6 nitrogen and oxygen atoms in total. The number of hydrogen-bond acceptors (Lipinski definition) is 4. The lowest BCUT2D eigenvalue weighted by Crippen LogP contribution is -2.31. The van der Waals surface area contributed by atoms with Gasteiger partial charge in [0.25, 0.3) is 0 Å². The van der Waals surface area contributed by atoms with Crippen LogP contribution in [0.1, 0.15) is 43.1 Å². The van der Waals surface area contributed by atoms with Gasteiger partial charge < -0.3 is 20.8 Å². The first-order chi connectivity index (χ1) is 9.95. The van der Waals surface area contributed by atoms with Gasteiger partial charge in [-0.25, -0.2) is 9.78 Å². The number of carbonyl (C=O) groups excluding carboxylic acids is 1. The van der Waals surface area contributed by atoms with E-state index in [1.165, 1.54) is 0 Å². The Morgan fingerprint density at radius 3 is 2.48 bits per heavy atom. The van der Waals surface area contributed by atoms with Gasteiger partial charge in [-0.1, -0.05) is 12.1 Å². The van der Waals surface area contributed by atoms with Gasteiger partial charge in [0.05, 0.1) is 6.20 Å². The van der Waals surface area contributed by atoms with E-state index in [0.29, 0.717) is 17.3 Å². The lowest BCUT2D eigenvalue weighted by atomic mass is 10.1. The fraction of sp³-hybridized carbons (Fsp3) is 0.333. The monoisotopic (exact) mass is 288 g/mol. The van der Waals surface area contributed by atoms with Crippen LogP contribution in [-0.2, 0) is 0 Å². The van der Waals surface area contributed by atoms with Gasteiger partial charge in [0.2, 0.25) is 5.89 Å². The second-order valence-corrected chi connectivity index (χ2v) is 5.04. The normalized spacial score (nSPS) is 13.5. The molecule has 0 bridgehead atoms. The average molecular weight is 288 g/mol. The van der Waals surface area contributed by atoms with Gasteiger partial charge in [-0.05, 0) is 38.5 Å². The van der Waals surface area contributed by atoms with Gasteiger partial charge >= 0.3 is 6.03 Å². The molecule has 0 radical (unpaired) electrons. The number of carbonyl (C=O) groups is 1. The summed E-state index contributed by atoms with van der Waals surface area (Å²) in [5, 5.41) is 5.52. The second kappa shape index (κ2) is 6.41. The Morgan fingerprint density at radius 1 is 1.29 bits per heavy atom. The first kappa shape index (κ1) is 15.1. The summed E-state index contributed by atoms with van der Waals surface area (Å²) in [5.41, 5.74) is 7.50. The van der Waals surface area contributed by atoms with Gasteiger partial charge in [-0.3, -0.25) is 0 Å². The number of nitrogens with two attached hydrogens (primary N) is 1. The predicted octanol–water partition coefficient (Wildman–Crippen LogP) is 2.89. The molecular weight excluding hydrogens is 268 g/mol. The SMILES string of the molecule is Cc1cnc(C(C)NC(=O)Nc2ccc(C(C)N)cc2)o1. The van der Waals surface area contributed by atoms with Crippen molar-refractivity contribution in [3.05, 3.63) is 47.7 Å². The maximum atomic E-state index is 11.9. The maximum absolute atomic E-state index is 11.9. The van der Waals surface area contributed by atoms with E-state index in [2.05, 4.69) is 15.6 Å². The van der Waals surface area contributed by atoms with Crippen LogP contribution in [0.4, 0.5) is 10.5 Å². The first-order valence-corrected chi connectivity index (χ1v) is 6.81. The number of hydrogen-bond donors (Lipinski definition) is 3. The summed E-state index contributed by atoms with van der Waals surface area (Å²) in [6.45, 7) is 5.53. The number of nitrogens with one attached hydrogen (secondary N) is 2. The molecule has 2 unspecified atom stereocenters. The molecule has 0 saturated heterocycles. The highest BCUT2D eigenvalue weighted by atomic mass is 16.4. The van der Waals surface area contributed by atoms with Crippen LogP contribution >= 0.6 is 0 Å². The summed E-state index contributed by atoms with van der Waals surface area (Å²) in [6.07, 6.45) is 1.62. The Bertz CT molecular complexity index is 604. The summed E-state index contributed by atoms with van der Waals surface area (Å²) in [5.74, 6) is 1.19. The molecule has 6 heteroatoms. The standard InChI is InChI=1S/C15H20N4O2/c1-9-8-17-14(21-9)11(3)18-15(20)19-13-6-4-12(5-7-13)10(2)16/h4-8,10-11H,16H2,1-3H3,(H2,18,19,20). The van der Waals surface area contributed by atoms with Crippen molar-refractivity contribution in [2.45, 2.75) is 32.9 Å². The van der Waals surface area contributed by atoms with Crippen molar-refractivity contribution in [3.63, 3.8) is 0 Å². The number of oxazole rings is 1. The number of anilines is 1. The maximum Gasteiger partial charge on any atom is 0.319 e. The Hall–Kier alpha value is -2.34. The molecule has 4 N–H and O–H groups in total. The van der Waals surface area contributed by atoms with E-state index in [1.807, 2.05) is 45.0 Å².